The van der Waals surface area contributed by atoms with Gasteiger partial charge in [-0.15, -0.1) is 11.8 Å². The molecule has 0 saturated heterocycles. The summed E-state index contributed by atoms with van der Waals surface area (Å²) in [4.78, 5) is 5.15. The zero-order valence-electron chi connectivity index (χ0n) is 10.3. The van der Waals surface area contributed by atoms with Gasteiger partial charge in [0, 0.05) is 16.8 Å². The highest BCUT2D eigenvalue weighted by Crippen LogP contribution is 2.18. The molecule has 0 aliphatic heterocycles. The fourth-order valence-electron chi connectivity index (χ4n) is 1.43. The van der Waals surface area contributed by atoms with Crippen LogP contribution in [-0.4, -0.2) is 17.3 Å². The minimum atomic E-state index is 0.551. The first-order chi connectivity index (χ1) is 8.74. The molecule has 0 amide bonds. The number of nitrogens with two attached hydrogens (primary N) is 1. The molecule has 3 nitrogen and oxygen atoms in total. The smallest absolute Gasteiger partial charge is 0.123 e. The Morgan fingerprint density at radius 1 is 1.17 bits per heavy atom. The summed E-state index contributed by atoms with van der Waals surface area (Å²) in [5.74, 6) is 2.35. The Balaban J connectivity index is 1.73. The molecule has 0 aliphatic carbocycles. The number of pyridine rings is 1. The molecule has 0 spiro atoms. The van der Waals surface area contributed by atoms with Crippen molar-refractivity contribution in [1.82, 2.24) is 4.98 Å². The van der Waals surface area contributed by atoms with Crippen molar-refractivity contribution in [3.63, 3.8) is 0 Å². The standard InChI is InChI=1S/C14H16N2OS/c1-11-2-4-12(5-3-11)17-8-9-18-13-6-7-14(15)16-10-13/h2-7,10H,8-9H2,1H3,(H2,15,16). The van der Waals surface area contributed by atoms with Gasteiger partial charge in [0.15, 0.2) is 0 Å². The van der Waals surface area contributed by atoms with Crippen LogP contribution in [0.2, 0.25) is 0 Å². The number of hydrogen-bond donors (Lipinski definition) is 1. The van der Waals surface area contributed by atoms with Crippen LogP contribution < -0.4 is 10.5 Å². The maximum absolute atomic E-state index is 5.64. The van der Waals surface area contributed by atoms with Crippen LogP contribution >= 0.6 is 11.8 Å². The third-order valence-electron chi connectivity index (χ3n) is 2.40. The average molecular weight is 260 g/mol. The first-order valence-electron chi connectivity index (χ1n) is 5.78. The Labute approximate surface area is 111 Å². The first-order valence-corrected chi connectivity index (χ1v) is 6.76. The minimum Gasteiger partial charge on any atom is -0.493 e. The predicted molar refractivity (Wildman–Crippen MR) is 76.0 cm³/mol. The highest BCUT2D eigenvalue weighted by atomic mass is 32.2. The van der Waals surface area contributed by atoms with Gasteiger partial charge in [0.25, 0.3) is 0 Å². The predicted octanol–water partition coefficient (Wildman–Crippen LogP) is 3.14. The Kier molecular flexibility index (Phi) is 4.47. The summed E-state index contributed by atoms with van der Waals surface area (Å²) < 4.78 is 5.64. The monoisotopic (exact) mass is 260 g/mol. The van der Waals surface area contributed by atoms with E-state index in [1.165, 1.54) is 5.56 Å². The number of hydrogen-bond acceptors (Lipinski definition) is 4. The molecular formula is C14H16N2OS. The number of aryl methyl sites for hydroxylation is 1. The number of aromatic nitrogens is 1. The summed E-state index contributed by atoms with van der Waals surface area (Å²) >= 11 is 1.71. The number of thioether (sulfide) groups is 1. The summed E-state index contributed by atoms with van der Waals surface area (Å²) in [7, 11) is 0. The lowest BCUT2D eigenvalue weighted by molar-refractivity contribution is 0.344. The lowest BCUT2D eigenvalue weighted by Gasteiger charge is -2.06. The van der Waals surface area contributed by atoms with Gasteiger partial charge in [-0.1, -0.05) is 17.7 Å². The van der Waals surface area contributed by atoms with Gasteiger partial charge < -0.3 is 10.5 Å². The normalized spacial score (nSPS) is 10.3. The maximum atomic E-state index is 5.64. The molecule has 0 unspecified atom stereocenters. The number of rotatable bonds is 5. The van der Waals surface area contributed by atoms with Gasteiger partial charge in [0.2, 0.25) is 0 Å². The average Bonchev–Trinajstić information content (AvgIpc) is 2.39. The number of ether oxygens (including phenoxy) is 1. The van der Waals surface area contributed by atoms with Gasteiger partial charge in [0.1, 0.15) is 11.6 Å². The molecule has 0 atom stereocenters. The van der Waals surface area contributed by atoms with Crippen LogP contribution in [0.3, 0.4) is 0 Å². The SMILES string of the molecule is Cc1ccc(OCCSc2ccc(N)nc2)cc1. The number of nitrogen functional groups attached to an aromatic ring is 1. The minimum absolute atomic E-state index is 0.551. The van der Waals surface area contributed by atoms with Crippen LogP contribution in [0.1, 0.15) is 5.56 Å². The maximum Gasteiger partial charge on any atom is 0.123 e. The van der Waals surface area contributed by atoms with E-state index in [4.69, 9.17) is 10.5 Å². The zero-order valence-corrected chi connectivity index (χ0v) is 11.1. The van der Waals surface area contributed by atoms with Crippen molar-refractivity contribution < 1.29 is 4.74 Å². The van der Waals surface area contributed by atoms with Crippen LogP contribution in [0.5, 0.6) is 5.75 Å². The van der Waals surface area contributed by atoms with E-state index in [9.17, 15) is 0 Å². The fourth-order valence-corrected chi connectivity index (χ4v) is 2.12. The van der Waals surface area contributed by atoms with E-state index in [1.807, 2.05) is 36.4 Å². The van der Waals surface area contributed by atoms with E-state index in [2.05, 4.69) is 11.9 Å². The van der Waals surface area contributed by atoms with Gasteiger partial charge in [-0.05, 0) is 31.2 Å². The third kappa shape index (κ3) is 3.96. The largest absolute Gasteiger partial charge is 0.493 e. The van der Waals surface area contributed by atoms with Gasteiger partial charge in [0.05, 0.1) is 6.61 Å². The molecule has 4 heteroatoms. The van der Waals surface area contributed by atoms with Crippen LogP contribution in [0.4, 0.5) is 5.82 Å². The van der Waals surface area contributed by atoms with E-state index in [1.54, 1.807) is 18.0 Å². The third-order valence-corrected chi connectivity index (χ3v) is 3.35. The van der Waals surface area contributed by atoms with Gasteiger partial charge in [-0.25, -0.2) is 4.98 Å². The molecule has 0 radical (unpaired) electrons. The Hall–Kier alpha value is -1.68. The van der Waals surface area contributed by atoms with E-state index in [-0.39, 0.29) is 0 Å². The molecular weight excluding hydrogens is 244 g/mol. The van der Waals surface area contributed by atoms with Crippen LogP contribution in [0.25, 0.3) is 0 Å². The van der Waals surface area contributed by atoms with Crippen molar-refractivity contribution in [1.29, 1.82) is 0 Å². The summed E-state index contributed by atoms with van der Waals surface area (Å²) in [6.07, 6.45) is 1.78. The second-order valence-corrected chi connectivity index (χ2v) is 5.10. The van der Waals surface area contributed by atoms with Crippen LogP contribution in [-0.2, 0) is 0 Å². The first kappa shape index (κ1) is 12.8. The molecule has 0 aliphatic rings. The second-order valence-electron chi connectivity index (χ2n) is 3.93. The highest BCUT2D eigenvalue weighted by molar-refractivity contribution is 7.99. The van der Waals surface area contributed by atoms with E-state index >= 15 is 0 Å². The molecule has 0 saturated carbocycles. The quantitative estimate of drug-likeness (QED) is 0.662. The van der Waals surface area contributed by atoms with Crippen LogP contribution in [0.15, 0.2) is 47.5 Å². The molecule has 2 rings (SSSR count). The Morgan fingerprint density at radius 3 is 2.61 bits per heavy atom. The Morgan fingerprint density at radius 2 is 1.94 bits per heavy atom. The van der Waals surface area contributed by atoms with E-state index in [0.29, 0.717) is 12.4 Å². The molecule has 1 aromatic carbocycles. The van der Waals surface area contributed by atoms with Crippen molar-refractivity contribution in [2.75, 3.05) is 18.1 Å². The number of anilines is 1. The molecule has 2 N–H and O–H groups in total. The number of benzene rings is 1. The zero-order chi connectivity index (χ0) is 12.8. The molecule has 94 valence electrons. The van der Waals surface area contributed by atoms with Gasteiger partial charge >= 0.3 is 0 Å². The second kappa shape index (κ2) is 6.31. The van der Waals surface area contributed by atoms with Gasteiger partial charge in [-0.3, -0.25) is 0 Å². The van der Waals surface area contributed by atoms with Crippen molar-refractivity contribution in [3.05, 3.63) is 48.2 Å². The molecule has 0 bridgehead atoms. The van der Waals surface area contributed by atoms with Crippen molar-refractivity contribution in [2.24, 2.45) is 0 Å². The molecule has 1 aromatic heterocycles. The topological polar surface area (TPSA) is 48.1 Å². The fraction of sp³-hybridized carbons (Fsp3) is 0.214. The van der Waals surface area contributed by atoms with Crippen molar-refractivity contribution in [2.45, 2.75) is 11.8 Å². The summed E-state index contributed by atoms with van der Waals surface area (Å²) in [5, 5.41) is 0. The lowest BCUT2D eigenvalue weighted by atomic mass is 10.2. The Bertz CT molecular complexity index is 435. The summed E-state index contributed by atoms with van der Waals surface area (Å²) in [6.45, 7) is 2.74. The van der Waals surface area contributed by atoms with Crippen molar-refractivity contribution >= 4 is 17.6 Å². The van der Waals surface area contributed by atoms with Crippen molar-refractivity contribution in [3.8, 4) is 5.75 Å². The van der Waals surface area contributed by atoms with Gasteiger partial charge in [-0.2, -0.15) is 0 Å². The van der Waals surface area contributed by atoms with E-state index < -0.39 is 0 Å². The molecule has 18 heavy (non-hydrogen) atoms. The molecule has 2 aromatic rings. The van der Waals surface area contributed by atoms with E-state index in [0.717, 1.165) is 16.4 Å². The van der Waals surface area contributed by atoms with Crippen LogP contribution in [0, 0.1) is 6.92 Å². The number of nitrogens with zero attached hydrogens (tertiary/aromatic N) is 1. The summed E-state index contributed by atoms with van der Waals surface area (Å²) in [5.41, 5.74) is 6.77. The molecule has 0 fully saturated rings. The summed E-state index contributed by atoms with van der Waals surface area (Å²) in [6, 6.07) is 11.9. The lowest BCUT2D eigenvalue weighted by Crippen LogP contribution is -2.00. The highest BCUT2D eigenvalue weighted by Gasteiger charge is 1.96. The molecule has 1 heterocycles.